The van der Waals surface area contributed by atoms with Crippen LogP contribution in [0.25, 0.3) is 0 Å². The van der Waals surface area contributed by atoms with Crippen LogP contribution in [0.1, 0.15) is 5.56 Å². The second-order valence-electron chi connectivity index (χ2n) is 5.76. The number of likely N-dealkylation sites (N-methyl/N-ethyl adjacent to an activating group) is 1. The largest absolute Gasteiger partial charge is 0.497 e. The molecule has 0 fully saturated rings. The molecule has 2 rings (SSSR count). The lowest BCUT2D eigenvalue weighted by molar-refractivity contribution is -0.128. The molecule has 0 aliphatic carbocycles. The number of ether oxygens (including phenoxy) is 2. The minimum atomic E-state index is -3.91. The first-order chi connectivity index (χ1) is 12.9. The van der Waals surface area contributed by atoms with Crippen molar-refractivity contribution in [2.24, 2.45) is 0 Å². The van der Waals surface area contributed by atoms with Crippen LogP contribution in [-0.4, -0.2) is 58.6 Å². The average molecular weight is 393 g/mol. The number of aromatic nitrogens is 1. The normalized spacial score (nSPS) is 11.1. The molecule has 0 saturated carbocycles. The standard InChI is InChI=1S/C18H23N3O5S/c1-21(11-8-14-6-9-19-10-7-14)18(22)13-20-27(23,24)17-5-4-15(25-2)12-16(17)26-3/h4-7,9-10,12,20H,8,11,13H2,1-3H3. The van der Waals surface area contributed by atoms with Gasteiger partial charge in [0.25, 0.3) is 0 Å². The molecule has 146 valence electrons. The van der Waals surface area contributed by atoms with E-state index in [1.165, 1.54) is 37.3 Å². The first-order valence-electron chi connectivity index (χ1n) is 8.22. The molecule has 8 nitrogen and oxygen atoms in total. The summed E-state index contributed by atoms with van der Waals surface area (Å²) in [5, 5.41) is 0. The van der Waals surface area contributed by atoms with E-state index in [-0.39, 0.29) is 23.1 Å². The van der Waals surface area contributed by atoms with Crippen LogP contribution in [0.5, 0.6) is 11.5 Å². The van der Waals surface area contributed by atoms with E-state index in [1.807, 2.05) is 12.1 Å². The summed E-state index contributed by atoms with van der Waals surface area (Å²) in [7, 11) is 0.561. The van der Waals surface area contributed by atoms with Gasteiger partial charge in [0, 0.05) is 32.1 Å². The molecule has 0 aliphatic rings. The van der Waals surface area contributed by atoms with Crippen molar-refractivity contribution in [3.05, 3.63) is 48.3 Å². The molecule has 0 atom stereocenters. The number of methoxy groups -OCH3 is 2. The zero-order chi connectivity index (χ0) is 19.9. The summed E-state index contributed by atoms with van der Waals surface area (Å²) in [6.07, 6.45) is 4.03. The van der Waals surface area contributed by atoms with Gasteiger partial charge >= 0.3 is 0 Å². The van der Waals surface area contributed by atoms with Gasteiger partial charge in [-0.05, 0) is 36.2 Å². The zero-order valence-corrected chi connectivity index (χ0v) is 16.3. The van der Waals surface area contributed by atoms with E-state index < -0.39 is 10.0 Å². The number of nitrogens with zero attached hydrogens (tertiary/aromatic N) is 2. The Labute approximate surface area is 159 Å². The Hall–Kier alpha value is -2.65. The third kappa shape index (κ3) is 5.66. The third-order valence-corrected chi connectivity index (χ3v) is 5.43. The van der Waals surface area contributed by atoms with Crippen LogP contribution < -0.4 is 14.2 Å². The number of carbonyl (C=O) groups excluding carboxylic acids is 1. The second kappa shape index (κ2) is 9.33. The van der Waals surface area contributed by atoms with Gasteiger partial charge in [0.1, 0.15) is 16.4 Å². The first kappa shape index (κ1) is 20.7. The molecule has 0 unspecified atom stereocenters. The highest BCUT2D eigenvalue weighted by Gasteiger charge is 2.21. The molecule has 0 aliphatic heterocycles. The zero-order valence-electron chi connectivity index (χ0n) is 15.5. The maximum atomic E-state index is 12.5. The monoisotopic (exact) mass is 393 g/mol. The fourth-order valence-corrected chi connectivity index (χ4v) is 3.46. The minimum absolute atomic E-state index is 0.0574. The van der Waals surface area contributed by atoms with E-state index in [4.69, 9.17) is 9.47 Å². The number of amides is 1. The predicted molar refractivity (Wildman–Crippen MR) is 100 cm³/mol. The molecule has 0 bridgehead atoms. The number of nitrogens with one attached hydrogen (secondary N) is 1. The van der Waals surface area contributed by atoms with Crippen molar-refractivity contribution in [3.63, 3.8) is 0 Å². The highest BCUT2D eigenvalue weighted by molar-refractivity contribution is 7.89. The fraction of sp³-hybridized carbons (Fsp3) is 0.333. The Kier molecular flexibility index (Phi) is 7.14. The molecule has 1 aromatic heterocycles. The average Bonchev–Trinajstić information content (AvgIpc) is 2.70. The van der Waals surface area contributed by atoms with Crippen LogP contribution in [0.4, 0.5) is 0 Å². The molecule has 1 aromatic carbocycles. The van der Waals surface area contributed by atoms with Crippen molar-refractivity contribution in [2.45, 2.75) is 11.3 Å². The van der Waals surface area contributed by atoms with Gasteiger partial charge in [0.05, 0.1) is 20.8 Å². The number of sulfonamides is 1. The molecular weight excluding hydrogens is 370 g/mol. The van der Waals surface area contributed by atoms with Gasteiger partial charge in [-0.1, -0.05) is 0 Å². The molecule has 0 saturated heterocycles. The van der Waals surface area contributed by atoms with Gasteiger partial charge in [-0.3, -0.25) is 9.78 Å². The van der Waals surface area contributed by atoms with E-state index in [0.717, 1.165) is 5.56 Å². The SMILES string of the molecule is COc1ccc(S(=O)(=O)NCC(=O)N(C)CCc2ccncc2)c(OC)c1. The maximum absolute atomic E-state index is 12.5. The number of hydrogen-bond donors (Lipinski definition) is 1. The smallest absolute Gasteiger partial charge is 0.244 e. The summed E-state index contributed by atoms with van der Waals surface area (Å²) < 4.78 is 37.5. The molecule has 1 heterocycles. The van der Waals surface area contributed by atoms with Gasteiger partial charge in [0.15, 0.2) is 0 Å². The lowest BCUT2D eigenvalue weighted by atomic mass is 10.2. The van der Waals surface area contributed by atoms with Crippen LogP contribution in [-0.2, 0) is 21.2 Å². The molecular formula is C18H23N3O5S. The molecule has 1 N–H and O–H groups in total. The summed E-state index contributed by atoms with van der Waals surface area (Å²) in [6, 6.07) is 8.10. The Morgan fingerprint density at radius 1 is 1.15 bits per heavy atom. The van der Waals surface area contributed by atoms with Crippen molar-refractivity contribution >= 4 is 15.9 Å². The minimum Gasteiger partial charge on any atom is -0.497 e. The Bertz CT molecular complexity index is 872. The summed E-state index contributed by atoms with van der Waals surface area (Å²) in [4.78, 5) is 17.6. The number of rotatable bonds is 9. The van der Waals surface area contributed by atoms with Gasteiger partial charge in [-0.15, -0.1) is 0 Å². The van der Waals surface area contributed by atoms with Crippen LogP contribution in [0.2, 0.25) is 0 Å². The molecule has 0 spiro atoms. The van der Waals surface area contributed by atoms with Crippen molar-refractivity contribution in [1.82, 2.24) is 14.6 Å². The van der Waals surface area contributed by atoms with Gasteiger partial charge in [-0.25, -0.2) is 13.1 Å². The summed E-state index contributed by atoms with van der Waals surface area (Å²) in [6.45, 7) is 0.126. The summed E-state index contributed by atoms with van der Waals surface area (Å²) >= 11 is 0. The topological polar surface area (TPSA) is 97.8 Å². The summed E-state index contributed by atoms with van der Waals surface area (Å²) in [5.74, 6) is 0.276. The van der Waals surface area contributed by atoms with E-state index in [0.29, 0.717) is 18.7 Å². The maximum Gasteiger partial charge on any atom is 0.244 e. The second-order valence-corrected chi connectivity index (χ2v) is 7.50. The molecule has 9 heteroatoms. The highest BCUT2D eigenvalue weighted by Crippen LogP contribution is 2.28. The molecule has 1 amide bonds. The van der Waals surface area contributed by atoms with Crippen molar-refractivity contribution in [2.75, 3.05) is 34.4 Å². The van der Waals surface area contributed by atoms with Crippen LogP contribution in [0.15, 0.2) is 47.6 Å². The van der Waals surface area contributed by atoms with E-state index in [2.05, 4.69) is 9.71 Å². The van der Waals surface area contributed by atoms with Crippen LogP contribution in [0, 0.1) is 0 Å². The predicted octanol–water partition coefficient (Wildman–Crippen LogP) is 1.08. The van der Waals surface area contributed by atoms with Crippen molar-refractivity contribution in [3.8, 4) is 11.5 Å². The van der Waals surface area contributed by atoms with Crippen molar-refractivity contribution < 1.29 is 22.7 Å². The lowest BCUT2D eigenvalue weighted by Gasteiger charge is -2.18. The fourth-order valence-electron chi connectivity index (χ4n) is 2.34. The number of carbonyl (C=O) groups is 1. The van der Waals surface area contributed by atoms with E-state index in [9.17, 15) is 13.2 Å². The highest BCUT2D eigenvalue weighted by atomic mass is 32.2. The number of pyridine rings is 1. The van der Waals surface area contributed by atoms with Gasteiger partial charge in [-0.2, -0.15) is 0 Å². The molecule has 0 radical (unpaired) electrons. The lowest BCUT2D eigenvalue weighted by Crippen LogP contribution is -2.39. The Balaban J connectivity index is 1.96. The number of hydrogen-bond acceptors (Lipinski definition) is 6. The van der Waals surface area contributed by atoms with Crippen LogP contribution in [0.3, 0.4) is 0 Å². The first-order valence-corrected chi connectivity index (χ1v) is 9.70. The quantitative estimate of drug-likeness (QED) is 0.685. The Morgan fingerprint density at radius 2 is 1.85 bits per heavy atom. The molecule has 27 heavy (non-hydrogen) atoms. The van der Waals surface area contributed by atoms with Gasteiger partial charge < -0.3 is 14.4 Å². The molecule has 2 aromatic rings. The van der Waals surface area contributed by atoms with E-state index in [1.54, 1.807) is 19.4 Å². The van der Waals surface area contributed by atoms with E-state index >= 15 is 0 Å². The van der Waals surface area contributed by atoms with Gasteiger partial charge in [0.2, 0.25) is 15.9 Å². The number of benzene rings is 1. The van der Waals surface area contributed by atoms with Crippen LogP contribution >= 0.6 is 0 Å². The summed E-state index contributed by atoms with van der Waals surface area (Å²) in [5.41, 5.74) is 1.05. The third-order valence-electron chi connectivity index (χ3n) is 3.98. The van der Waals surface area contributed by atoms with Crippen molar-refractivity contribution in [1.29, 1.82) is 0 Å². The Morgan fingerprint density at radius 3 is 2.48 bits per heavy atom.